The number of nitrogens with one attached hydrogen (secondary N) is 3. The first kappa shape index (κ1) is 23.8. The number of benzene rings is 3. The number of carbonyl (C=O) groups excluding carboxylic acids is 2. The number of ether oxygens (including phenoxy) is 1. The Labute approximate surface area is 227 Å². The lowest BCUT2D eigenvalue weighted by Crippen LogP contribution is -2.37. The summed E-state index contributed by atoms with van der Waals surface area (Å²) in [7, 11) is 7.08. The Morgan fingerprint density at radius 3 is 2.38 bits per heavy atom. The SMILES string of the molecule is CNc1cc(NC2CCC3C4=C(CCC=C42)c2ccc4c5c(ccc3c25)C(=O)N(C)C4=O)cc(OC)c1NC. The van der Waals surface area contributed by atoms with E-state index in [9.17, 15) is 9.59 Å². The first-order chi connectivity index (χ1) is 19.0. The Bertz CT molecular complexity index is 1620. The van der Waals surface area contributed by atoms with Gasteiger partial charge in [-0.2, -0.15) is 0 Å². The highest BCUT2D eigenvalue weighted by Crippen LogP contribution is 2.55. The molecule has 198 valence electrons. The second kappa shape index (κ2) is 8.63. The van der Waals surface area contributed by atoms with Crippen LogP contribution in [0, 0.1) is 0 Å². The number of imide groups is 1. The van der Waals surface area contributed by atoms with Gasteiger partial charge < -0.3 is 20.7 Å². The summed E-state index contributed by atoms with van der Waals surface area (Å²) in [6.07, 6.45) is 6.34. The van der Waals surface area contributed by atoms with Gasteiger partial charge in [-0.05, 0) is 77.1 Å². The smallest absolute Gasteiger partial charge is 0.261 e. The number of amides is 2. The molecule has 2 atom stereocenters. The van der Waals surface area contributed by atoms with E-state index in [1.165, 1.54) is 32.7 Å². The molecule has 2 amide bonds. The van der Waals surface area contributed by atoms with Gasteiger partial charge in [0.15, 0.2) is 0 Å². The summed E-state index contributed by atoms with van der Waals surface area (Å²) in [6.45, 7) is 0. The Hall–Kier alpha value is -4.26. The Morgan fingerprint density at radius 2 is 1.67 bits per heavy atom. The van der Waals surface area contributed by atoms with Crippen molar-refractivity contribution in [2.45, 2.75) is 37.6 Å². The van der Waals surface area contributed by atoms with Gasteiger partial charge in [-0.1, -0.05) is 18.2 Å². The third-order valence-electron chi connectivity index (χ3n) is 9.01. The normalized spacial score (nSPS) is 21.0. The van der Waals surface area contributed by atoms with Gasteiger partial charge in [0.1, 0.15) is 11.4 Å². The number of fused-ring (bicyclic) bond motifs is 2. The molecule has 0 saturated heterocycles. The fraction of sp³-hybridized carbons (Fsp3) is 0.312. The van der Waals surface area contributed by atoms with E-state index in [-0.39, 0.29) is 23.8 Å². The molecule has 1 saturated carbocycles. The highest BCUT2D eigenvalue weighted by Gasteiger charge is 2.41. The summed E-state index contributed by atoms with van der Waals surface area (Å²) in [4.78, 5) is 27.3. The van der Waals surface area contributed by atoms with E-state index >= 15 is 0 Å². The molecule has 3 aliphatic carbocycles. The number of nitrogens with zero attached hydrogens (tertiary/aromatic N) is 1. The van der Waals surface area contributed by atoms with Crippen LogP contribution < -0.4 is 20.7 Å². The third kappa shape index (κ3) is 3.22. The van der Waals surface area contributed by atoms with Crippen molar-refractivity contribution in [2.75, 3.05) is 44.2 Å². The van der Waals surface area contributed by atoms with E-state index in [4.69, 9.17) is 4.74 Å². The summed E-state index contributed by atoms with van der Waals surface area (Å²) in [5, 5.41) is 12.3. The highest BCUT2D eigenvalue weighted by atomic mass is 16.5. The predicted octanol–water partition coefficient (Wildman–Crippen LogP) is 6.00. The van der Waals surface area contributed by atoms with Crippen molar-refractivity contribution >= 4 is 45.2 Å². The summed E-state index contributed by atoms with van der Waals surface area (Å²) in [5.74, 6) is 0.627. The zero-order chi connectivity index (χ0) is 27.0. The monoisotopic (exact) mass is 520 g/mol. The van der Waals surface area contributed by atoms with E-state index in [0.29, 0.717) is 11.1 Å². The Morgan fingerprint density at radius 1 is 0.923 bits per heavy atom. The molecule has 4 aliphatic rings. The van der Waals surface area contributed by atoms with Crippen molar-refractivity contribution < 1.29 is 14.3 Å². The van der Waals surface area contributed by atoms with Crippen molar-refractivity contribution in [1.29, 1.82) is 0 Å². The van der Waals surface area contributed by atoms with Gasteiger partial charge in [0.25, 0.3) is 11.8 Å². The molecule has 7 nitrogen and oxygen atoms in total. The quantitative estimate of drug-likeness (QED) is 0.358. The van der Waals surface area contributed by atoms with Crippen molar-refractivity contribution in [3.05, 3.63) is 75.9 Å². The molecule has 7 heteroatoms. The minimum absolute atomic E-state index is 0.188. The standard InChI is InChI=1S/C32H32N4O3/c1-33-25-14-16(15-26(39-4)30(25)34-2)35-24-13-12-18-20-9-11-23-29-22(31(37)36(3)32(23)38)10-8-19(28(20)29)17-6-5-7-21(24)27(17)18/h7-11,14-15,18,24,33-35H,5-6,12-13H2,1-4H3. The van der Waals surface area contributed by atoms with Crippen LogP contribution in [0.5, 0.6) is 5.75 Å². The Balaban J connectivity index is 1.34. The third-order valence-corrected chi connectivity index (χ3v) is 9.01. The zero-order valence-corrected chi connectivity index (χ0v) is 22.7. The lowest BCUT2D eigenvalue weighted by Gasteiger charge is -2.42. The minimum atomic E-state index is -0.214. The summed E-state index contributed by atoms with van der Waals surface area (Å²) < 4.78 is 5.68. The van der Waals surface area contributed by atoms with Crippen LogP contribution in [0.3, 0.4) is 0 Å². The van der Waals surface area contributed by atoms with E-state index in [1.54, 1.807) is 14.2 Å². The van der Waals surface area contributed by atoms with Crippen molar-refractivity contribution in [3.8, 4) is 5.75 Å². The molecule has 0 radical (unpaired) electrons. The molecule has 1 heterocycles. The maximum Gasteiger partial charge on any atom is 0.261 e. The van der Waals surface area contributed by atoms with Crippen LogP contribution in [0.15, 0.2) is 53.6 Å². The predicted molar refractivity (Wildman–Crippen MR) is 156 cm³/mol. The topological polar surface area (TPSA) is 82.7 Å². The minimum Gasteiger partial charge on any atom is -0.494 e. The molecule has 7 rings (SSSR count). The average molecular weight is 521 g/mol. The first-order valence-corrected chi connectivity index (χ1v) is 13.7. The largest absolute Gasteiger partial charge is 0.494 e. The van der Waals surface area contributed by atoms with E-state index in [2.05, 4.69) is 46.3 Å². The molecule has 2 unspecified atom stereocenters. The maximum absolute atomic E-state index is 13.0. The Kier molecular flexibility index (Phi) is 5.27. The van der Waals surface area contributed by atoms with Crippen LogP contribution >= 0.6 is 0 Å². The van der Waals surface area contributed by atoms with Crippen molar-refractivity contribution in [2.24, 2.45) is 0 Å². The van der Waals surface area contributed by atoms with Gasteiger partial charge in [-0.25, -0.2) is 0 Å². The number of carbonyl (C=O) groups is 2. The zero-order valence-electron chi connectivity index (χ0n) is 22.7. The molecule has 0 aromatic heterocycles. The van der Waals surface area contributed by atoms with Crippen LogP contribution in [-0.4, -0.2) is 51.0 Å². The number of hydrogen-bond donors (Lipinski definition) is 3. The average Bonchev–Trinajstić information content (AvgIpc) is 2.97. The lowest BCUT2D eigenvalue weighted by atomic mass is 9.64. The molecular weight excluding hydrogens is 488 g/mol. The number of methoxy groups -OCH3 is 1. The molecule has 0 spiro atoms. The van der Waals surface area contributed by atoms with Crippen LogP contribution in [-0.2, 0) is 0 Å². The summed E-state index contributed by atoms with van der Waals surface area (Å²) in [5.41, 5.74) is 10.8. The molecule has 0 bridgehead atoms. The van der Waals surface area contributed by atoms with Crippen molar-refractivity contribution in [3.63, 3.8) is 0 Å². The fourth-order valence-electron chi connectivity index (χ4n) is 7.30. The van der Waals surface area contributed by atoms with Gasteiger partial charge in [-0.15, -0.1) is 0 Å². The molecule has 1 aliphatic heterocycles. The molecule has 3 aromatic rings. The van der Waals surface area contributed by atoms with Gasteiger partial charge in [-0.3, -0.25) is 14.5 Å². The number of hydrogen-bond acceptors (Lipinski definition) is 6. The molecule has 3 N–H and O–H groups in total. The molecular formula is C32H32N4O3. The van der Waals surface area contributed by atoms with Crippen LogP contribution in [0.4, 0.5) is 17.1 Å². The van der Waals surface area contributed by atoms with E-state index in [1.807, 2.05) is 26.2 Å². The summed E-state index contributed by atoms with van der Waals surface area (Å²) in [6, 6.07) is 12.5. The number of allylic oxidation sites excluding steroid dienone is 2. The van der Waals surface area contributed by atoms with Gasteiger partial charge in [0, 0.05) is 55.3 Å². The fourth-order valence-corrected chi connectivity index (χ4v) is 7.30. The summed E-state index contributed by atoms with van der Waals surface area (Å²) >= 11 is 0. The van der Waals surface area contributed by atoms with Crippen LogP contribution in [0.25, 0.3) is 16.3 Å². The van der Waals surface area contributed by atoms with Crippen LogP contribution in [0.2, 0.25) is 0 Å². The second-order valence-electron chi connectivity index (χ2n) is 10.8. The highest BCUT2D eigenvalue weighted by molar-refractivity contribution is 6.27. The second-order valence-corrected chi connectivity index (χ2v) is 10.8. The van der Waals surface area contributed by atoms with Crippen LogP contribution in [0.1, 0.15) is 63.4 Å². The maximum atomic E-state index is 13.0. The van der Waals surface area contributed by atoms with E-state index < -0.39 is 0 Å². The number of rotatable bonds is 5. The molecule has 39 heavy (non-hydrogen) atoms. The molecule has 3 aromatic carbocycles. The lowest BCUT2D eigenvalue weighted by molar-refractivity contribution is 0.0650. The molecule has 1 fully saturated rings. The van der Waals surface area contributed by atoms with Gasteiger partial charge >= 0.3 is 0 Å². The van der Waals surface area contributed by atoms with Gasteiger partial charge in [0.2, 0.25) is 0 Å². The first-order valence-electron chi connectivity index (χ1n) is 13.7. The van der Waals surface area contributed by atoms with E-state index in [0.717, 1.165) is 59.3 Å². The number of anilines is 3. The van der Waals surface area contributed by atoms with Crippen molar-refractivity contribution in [1.82, 2.24) is 4.90 Å². The van der Waals surface area contributed by atoms with Gasteiger partial charge in [0.05, 0.1) is 18.8 Å².